The van der Waals surface area contributed by atoms with Gasteiger partial charge in [0.2, 0.25) is 0 Å². The molecular formula is C10H9ClO5. The Hall–Kier alpha value is -1.75. The maximum atomic E-state index is 11.3. The van der Waals surface area contributed by atoms with Gasteiger partial charge in [0.25, 0.3) is 5.78 Å². The van der Waals surface area contributed by atoms with Crippen LogP contribution >= 0.6 is 11.6 Å². The number of halogens is 1. The highest BCUT2D eigenvalue weighted by Gasteiger charge is 2.26. The van der Waals surface area contributed by atoms with Gasteiger partial charge >= 0.3 is 5.97 Å². The number of carbonyl (C=O) groups is 2. The molecule has 0 saturated heterocycles. The Morgan fingerprint density at radius 1 is 1.44 bits per heavy atom. The van der Waals surface area contributed by atoms with Gasteiger partial charge < -0.3 is 14.9 Å². The average Bonchev–Trinajstić information content (AvgIpc) is 2.23. The SMILES string of the molecule is COc1cc(C)c(Cl)c(C(=O)C(=O)O)c1O. The van der Waals surface area contributed by atoms with E-state index in [0.717, 1.165) is 0 Å². The Kier molecular flexibility index (Phi) is 3.39. The number of Topliss-reactive ketones (excluding diaryl/α,β-unsaturated/α-hetero) is 1. The highest BCUT2D eigenvalue weighted by molar-refractivity contribution is 6.46. The molecule has 0 radical (unpaired) electrons. The van der Waals surface area contributed by atoms with Crippen molar-refractivity contribution < 1.29 is 24.5 Å². The summed E-state index contributed by atoms with van der Waals surface area (Å²) in [7, 11) is 1.29. The lowest BCUT2D eigenvalue weighted by molar-refractivity contribution is -0.131. The molecule has 0 aliphatic rings. The van der Waals surface area contributed by atoms with Gasteiger partial charge in [-0.1, -0.05) is 11.6 Å². The van der Waals surface area contributed by atoms with Crippen LogP contribution in [0.2, 0.25) is 5.02 Å². The summed E-state index contributed by atoms with van der Waals surface area (Å²) in [6, 6.07) is 1.41. The topological polar surface area (TPSA) is 83.8 Å². The molecule has 2 N–H and O–H groups in total. The predicted octanol–water partition coefficient (Wildman–Crippen LogP) is 1.63. The quantitative estimate of drug-likeness (QED) is 0.624. The van der Waals surface area contributed by atoms with Crippen LogP contribution in [0.3, 0.4) is 0 Å². The number of carboxylic acid groups (broad SMARTS) is 1. The molecule has 0 bridgehead atoms. The van der Waals surface area contributed by atoms with E-state index < -0.39 is 23.1 Å². The molecule has 0 aliphatic heterocycles. The minimum atomic E-state index is -1.69. The molecule has 0 heterocycles. The van der Waals surface area contributed by atoms with Crippen LogP contribution in [0.5, 0.6) is 11.5 Å². The summed E-state index contributed by atoms with van der Waals surface area (Å²) < 4.78 is 4.80. The van der Waals surface area contributed by atoms with Crippen molar-refractivity contribution in [2.45, 2.75) is 6.92 Å². The summed E-state index contributed by atoms with van der Waals surface area (Å²) >= 11 is 5.77. The summed E-state index contributed by atoms with van der Waals surface area (Å²) in [6.45, 7) is 1.57. The predicted molar refractivity (Wildman–Crippen MR) is 56.4 cm³/mol. The second-order valence-electron chi connectivity index (χ2n) is 3.07. The number of phenolic OH excluding ortho intramolecular Hbond substituents is 1. The number of ether oxygens (including phenoxy) is 1. The van der Waals surface area contributed by atoms with E-state index in [9.17, 15) is 14.7 Å². The zero-order valence-electron chi connectivity index (χ0n) is 8.57. The van der Waals surface area contributed by atoms with E-state index in [1.807, 2.05) is 0 Å². The summed E-state index contributed by atoms with van der Waals surface area (Å²) in [5.74, 6) is -3.52. The number of phenols is 1. The van der Waals surface area contributed by atoms with Crippen LogP contribution in [0.4, 0.5) is 0 Å². The number of methoxy groups -OCH3 is 1. The third-order valence-corrected chi connectivity index (χ3v) is 2.51. The molecule has 1 aromatic rings. The van der Waals surface area contributed by atoms with Crippen molar-refractivity contribution in [2.75, 3.05) is 7.11 Å². The molecule has 0 saturated carbocycles. The molecule has 0 unspecified atom stereocenters. The molecule has 0 amide bonds. The van der Waals surface area contributed by atoms with Gasteiger partial charge in [0.05, 0.1) is 17.7 Å². The standard InChI is InChI=1S/C10H9ClO5/c1-4-3-5(16-2)8(12)6(7(4)11)9(13)10(14)15/h3,12H,1-2H3,(H,14,15). The van der Waals surface area contributed by atoms with Gasteiger partial charge in [0, 0.05) is 0 Å². The number of aryl methyl sites for hydroxylation is 1. The molecule has 0 fully saturated rings. The number of hydrogen-bond acceptors (Lipinski definition) is 4. The minimum absolute atomic E-state index is 0.00602. The lowest BCUT2D eigenvalue weighted by Gasteiger charge is -2.10. The number of carbonyl (C=O) groups excluding carboxylic acids is 1. The Balaban J connectivity index is 3.53. The lowest BCUT2D eigenvalue weighted by atomic mass is 10.1. The summed E-state index contributed by atoms with van der Waals surface area (Å²) in [5, 5.41) is 18.1. The van der Waals surface area contributed by atoms with Gasteiger partial charge in [-0.15, -0.1) is 0 Å². The average molecular weight is 245 g/mol. The Labute approximate surface area is 96.2 Å². The van der Waals surface area contributed by atoms with Crippen LogP contribution in [0.15, 0.2) is 6.07 Å². The maximum absolute atomic E-state index is 11.3. The first kappa shape index (κ1) is 12.3. The number of aliphatic carboxylic acids is 1. The first-order valence-corrected chi connectivity index (χ1v) is 4.61. The molecule has 0 spiro atoms. The van der Waals surface area contributed by atoms with Gasteiger partial charge in [0.15, 0.2) is 11.5 Å². The number of hydrogen-bond donors (Lipinski definition) is 2. The molecule has 0 atom stereocenters. The van der Waals surface area contributed by atoms with Crippen molar-refractivity contribution in [2.24, 2.45) is 0 Å². The molecule has 0 aliphatic carbocycles. The molecule has 6 heteroatoms. The van der Waals surface area contributed by atoms with Crippen molar-refractivity contribution in [1.82, 2.24) is 0 Å². The molecular weight excluding hydrogens is 236 g/mol. The largest absolute Gasteiger partial charge is 0.504 e. The zero-order valence-corrected chi connectivity index (χ0v) is 9.33. The van der Waals surface area contributed by atoms with Crippen molar-refractivity contribution >= 4 is 23.4 Å². The van der Waals surface area contributed by atoms with E-state index in [4.69, 9.17) is 21.4 Å². The lowest BCUT2D eigenvalue weighted by Crippen LogP contribution is -2.14. The number of rotatable bonds is 3. The van der Waals surface area contributed by atoms with Gasteiger partial charge in [0.1, 0.15) is 0 Å². The normalized spacial score (nSPS) is 9.94. The summed E-state index contributed by atoms with van der Waals surface area (Å²) in [6.07, 6.45) is 0. The summed E-state index contributed by atoms with van der Waals surface area (Å²) in [4.78, 5) is 21.9. The second-order valence-corrected chi connectivity index (χ2v) is 3.45. The van der Waals surface area contributed by atoms with Crippen LogP contribution in [-0.2, 0) is 4.79 Å². The second kappa shape index (κ2) is 4.40. The maximum Gasteiger partial charge on any atom is 0.377 e. The van der Waals surface area contributed by atoms with E-state index in [-0.39, 0.29) is 10.8 Å². The van der Waals surface area contributed by atoms with E-state index in [1.165, 1.54) is 13.2 Å². The van der Waals surface area contributed by atoms with E-state index >= 15 is 0 Å². The van der Waals surface area contributed by atoms with Gasteiger partial charge in [-0.3, -0.25) is 4.79 Å². The molecule has 0 aromatic heterocycles. The van der Waals surface area contributed by atoms with Crippen LogP contribution in [0.1, 0.15) is 15.9 Å². The fourth-order valence-corrected chi connectivity index (χ4v) is 1.45. The van der Waals surface area contributed by atoms with Crippen LogP contribution in [0, 0.1) is 6.92 Å². The minimum Gasteiger partial charge on any atom is -0.504 e. The van der Waals surface area contributed by atoms with Crippen LogP contribution in [0.25, 0.3) is 0 Å². The van der Waals surface area contributed by atoms with E-state index in [2.05, 4.69) is 0 Å². The van der Waals surface area contributed by atoms with Crippen molar-refractivity contribution in [1.29, 1.82) is 0 Å². The number of carboxylic acids is 1. The third-order valence-electron chi connectivity index (χ3n) is 2.02. The van der Waals surface area contributed by atoms with Gasteiger partial charge in [-0.25, -0.2) is 4.79 Å². The number of aromatic hydroxyl groups is 1. The Bertz CT molecular complexity index is 467. The van der Waals surface area contributed by atoms with Crippen LogP contribution in [-0.4, -0.2) is 29.1 Å². The molecule has 1 aromatic carbocycles. The monoisotopic (exact) mass is 244 g/mol. The van der Waals surface area contributed by atoms with Crippen molar-refractivity contribution in [3.63, 3.8) is 0 Å². The van der Waals surface area contributed by atoms with Gasteiger partial charge in [-0.05, 0) is 18.6 Å². The fraction of sp³-hybridized carbons (Fsp3) is 0.200. The van der Waals surface area contributed by atoms with Crippen molar-refractivity contribution in [3.8, 4) is 11.5 Å². The Morgan fingerprint density at radius 3 is 2.44 bits per heavy atom. The molecule has 16 heavy (non-hydrogen) atoms. The fourth-order valence-electron chi connectivity index (χ4n) is 1.22. The third kappa shape index (κ3) is 1.94. The highest BCUT2D eigenvalue weighted by atomic mass is 35.5. The Morgan fingerprint density at radius 2 is 2.00 bits per heavy atom. The van der Waals surface area contributed by atoms with E-state index in [0.29, 0.717) is 5.56 Å². The molecule has 1 rings (SSSR count). The molecule has 5 nitrogen and oxygen atoms in total. The number of benzene rings is 1. The highest BCUT2D eigenvalue weighted by Crippen LogP contribution is 2.37. The number of ketones is 1. The summed E-state index contributed by atoms with van der Waals surface area (Å²) in [5.41, 5.74) is -0.00747. The van der Waals surface area contributed by atoms with E-state index in [1.54, 1.807) is 6.92 Å². The van der Waals surface area contributed by atoms with Gasteiger partial charge in [-0.2, -0.15) is 0 Å². The van der Waals surface area contributed by atoms with Crippen LogP contribution < -0.4 is 4.74 Å². The van der Waals surface area contributed by atoms with Crippen molar-refractivity contribution in [3.05, 3.63) is 22.2 Å². The smallest absolute Gasteiger partial charge is 0.377 e. The zero-order chi connectivity index (χ0) is 12.5. The molecule has 86 valence electrons. The first-order chi connectivity index (χ1) is 7.40. The first-order valence-electron chi connectivity index (χ1n) is 4.23.